The molecule has 0 heterocycles. The van der Waals surface area contributed by atoms with Crippen LogP contribution in [0.1, 0.15) is 42.3 Å². The lowest BCUT2D eigenvalue weighted by molar-refractivity contribution is -0.137. The summed E-state index contributed by atoms with van der Waals surface area (Å²) in [5.74, 6) is -1.09. The van der Waals surface area contributed by atoms with Crippen molar-refractivity contribution in [1.29, 1.82) is 0 Å². The van der Waals surface area contributed by atoms with E-state index in [1.807, 2.05) is 19.1 Å². The topological polar surface area (TPSA) is 58.2 Å². The predicted molar refractivity (Wildman–Crippen MR) is 102 cm³/mol. The highest BCUT2D eigenvalue weighted by Crippen LogP contribution is 2.29. The zero-order chi connectivity index (χ0) is 20.9. The minimum absolute atomic E-state index is 0.215. The third kappa shape index (κ3) is 5.58. The fourth-order valence-corrected chi connectivity index (χ4v) is 2.61. The summed E-state index contributed by atoms with van der Waals surface area (Å²) in [6.45, 7) is 5.56. The monoisotopic (exact) mass is 392 g/mol. The Morgan fingerprint density at radius 2 is 1.54 bits per heavy atom. The van der Waals surface area contributed by atoms with E-state index in [0.29, 0.717) is 5.56 Å². The van der Waals surface area contributed by atoms with Crippen molar-refractivity contribution in [2.75, 3.05) is 5.32 Å². The summed E-state index contributed by atoms with van der Waals surface area (Å²) in [6.07, 6.45) is -3.59. The maximum Gasteiger partial charge on any atom is 0.416 e. The maximum absolute atomic E-state index is 12.6. The number of anilines is 1. The van der Waals surface area contributed by atoms with E-state index < -0.39 is 23.7 Å². The van der Waals surface area contributed by atoms with Gasteiger partial charge < -0.3 is 10.6 Å². The van der Waals surface area contributed by atoms with Crippen LogP contribution in [0.3, 0.4) is 0 Å². The van der Waals surface area contributed by atoms with E-state index in [1.165, 1.54) is 12.1 Å². The van der Waals surface area contributed by atoms with Crippen molar-refractivity contribution in [3.8, 4) is 0 Å². The number of benzene rings is 2. The highest BCUT2D eigenvalue weighted by Gasteiger charge is 2.30. The molecule has 1 atom stereocenters. The summed E-state index contributed by atoms with van der Waals surface area (Å²) >= 11 is 0. The quantitative estimate of drug-likeness (QED) is 0.751. The van der Waals surface area contributed by atoms with Gasteiger partial charge in [-0.3, -0.25) is 9.59 Å². The first-order chi connectivity index (χ1) is 13.1. The molecule has 150 valence electrons. The van der Waals surface area contributed by atoms with E-state index in [9.17, 15) is 22.8 Å². The van der Waals surface area contributed by atoms with Crippen molar-refractivity contribution >= 4 is 17.5 Å². The van der Waals surface area contributed by atoms with Crippen LogP contribution in [0.2, 0.25) is 0 Å². The van der Waals surface area contributed by atoms with E-state index in [1.54, 1.807) is 26.0 Å². The van der Waals surface area contributed by atoms with Crippen molar-refractivity contribution in [2.24, 2.45) is 5.92 Å². The summed E-state index contributed by atoms with van der Waals surface area (Å²) in [5, 5.41) is 5.25. The van der Waals surface area contributed by atoms with Crippen LogP contribution in [0.5, 0.6) is 0 Å². The van der Waals surface area contributed by atoms with Gasteiger partial charge in [-0.15, -0.1) is 0 Å². The van der Waals surface area contributed by atoms with Crippen molar-refractivity contribution in [2.45, 2.75) is 39.4 Å². The minimum atomic E-state index is -4.44. The Balaban J connectivity index is 2.07. The van der Waals surface area contributed by atoms with Gasteiger partial charge in [0.1, 0.15) is 6.04 Å². The number of nitrogens with one attached hydrogen (secondary N) is 2. The standard InChI is InChI=1S/C21H23F3N2O2/c1-4-14-5-7-15(8-6-14)19(27)26-18(13(2)3)20(28)25-17-11-9-16(10-12-17)21(22,23)24/h5-13,18H,4H2,1-3H3,(H,25,28)(H,26,27). The van der Waals surface area contributed by atoms with Crippen LogP contribution in [-0.4, -0.2) is 17.9 Å². The highest BCUT2D eigenvalue weighted by atomic mass is 19.4. The third-order valence-corrected chi connectivity index (χ3v) is 4.34. The molecule has 0 fully saturated rings. The maximum atomic E-state index is 12.6. The molecule has 0 saturated carbocycles. The molecule has 7 heteroatoms. The zero-order valence-corrected chi connectivity index (χ0v) is 15.9. The second kappa shape index (κ2) is 8.91. The van der Waals surface area contributed by atoms with Crippen molar-refractivity contribution in [1.82, 2.24) is 5.32 Å². The molecule has 4 nitrogen and oxygen atoms in total. The molecular weight excluding hydrogens is 369 g/mol. The van der Waals surface area contributed by atoms with Crippen LogP contribution in [0, 0.1) is 5.92 Å². The van der Waals surface area contributed by atoms with Crippen molar-refractivity contribution in [3.63, 3.8) is 0 Å². The zero-order valence-electron chi connectivity index (χ0n) is 15.9. The van der Waals surface area contributed by atoms with E-state index >= 15 is 0 Å². The Labute approximate surface area is 162 Å². The molecule has 2 aromatic carbocycles. The molecule has 0 aliphatic heterocycles. The second-order valence-electron chi connectivity index (χ2n) is 6.81. The number of amides is 2. The largest absolute Gasteiger partial charge is 0.416 e. The van der Waals surface area contributed by atoms with E-state index in [2.05, 4.69) is 10.6 Å². The smallest absolute Gasteiger partial charge is 0.340 e. The van der Waals surface area contributed by atoms with Gasteiger partial charge in [0.2, 0.25) is 5.91 Å². The number of carbonyl (C=O) groups is 2. The molecule has 0 spiro atoms. The van der Waals surface area contributed by atoms with Gasteiger partial charge in [0.05, 0.1) is 5.56 Å². The molecule has 2 amide bonds. The highest BCUT2D eigenvalue weighted by molar-refractivity contribution is 6.01. The van der Waals surface area contributed by atoms with Gasteiger partial charge >= 0.3 is 6.18 Å². The molecule has 0 saturated heterocycles. The molecule has 2 rings (SSSR count). The molecule has 0 aliphatic rings. The average molecular weight is 392 g/mol. The fraction of sp³-hybridized carbons (Fsp3) is 0.333. The van der Waals surface area contributed by atoms with Gasteiger partial charge in [0, 0.05) is 11.3 Å². The van der Waals surface area contributed by atoms with Crippen LogP contribution < -0.4 is 10.6 Å². The second-order valence-corrected chi connectivity index (χ2v) is 6.81. The lowest BCUT2D eigenvalue weighted by Gasteiger charge is -2.22. The number of alkyl halides is 3. The van der Waals surface area contributed by atoms with Gasteiger partial charge in [-0.1, -0.05) is 32.9 Å². The molecule has 0 aliphatic carbocycles. The predicted octanol–water partition coefficient (Wildman–Crippen LogP) is 4.66. The first-order valence-electron chi connectivity index (χ1n) is 8.99. The average Bonchev–Trinajstić information content (AvgIpc) is 2.65. The SMILES string of the molecule is CCc1ccc(C(=O)NC(C(=O)Nc2ccc(C(F)(F)F)cc2)C(C)C)cc1. The first-order valence-corrected chi connectivity index (χ1v) is 8.99. The van der Waals surface area contributed by atoms with Gasteiger partial charge in [-0.25, -0.2) is 0 Å². The molecule has 2 aromatic rings. The van der Waals surface area contributed by atoms with Crippen LogP contribution in [0.15, 0.2) is 48.5 Å². The van der Waals surface area contributed by atoms with E-state index in [4.69, 9.17) is 0 Å². The van der Waals surface area contributed by atoms with Gasteiger partial charge in [0.25, 0.3) is 5.91 Å². The van der Waals surface area contributed by atoms with Crippen LogP contribution in [0.4, 0.5) is 18.9 Å². The minimum Gasteiger partial charge on any atom is -0.340 e. The Kier molecular flexibility index (Phi) is 6.83. The molecule has 0 aromatic heterocycles. The molecule has 0 radical (unpaired) electrons. The summed E-state index contributed by atoms with van der Waals surface area (Å²) in [7, 11) is 0. The van der Waals surface area contributed by atoms with E-state index in [-0.39, 0.29) is 17.5 Å². The van der Waals surface area contributed by atoms with Crippen LogP contribution in [0.25, 0.3) is 0 Å². The summed E-state index contributed by atoms with van der Waals surface area (Å²) in [5.41, 5.74) is 0.960. The number of hydrogen-bond acceptors (Lipinski definition) is 2. The van der Waals surface area contributed by atoms with Crippen molar-refractivity contribution < 1.29 is 22.8 Å². The number of carbonyl (C=O) groups excluding carboxylic acids is 2. The van der Waals surface area contributed by atoms with Gasteiger partial charge in [0.15, 0.2) is 0 Å². The van der Waals surface area contributed by atoms with Crippen LogP contribution >= 0.6 is 0 Å². The Morgan fingerprint density at radius 1 is 0.964 bits per heavy atom. The number of halogens is 3. The lowest BCUT2D eigenvalue weighted by Crippen LogP contribution is -2.47. The third-order valence-electron chi connectivity index (χ3n) is 4.34. The molecule has 0 bridgehead atoms. The first kappa shape index (κ1) is 21.5. The lowest BCUT2D eigenvalue weighted by atomic mass is 10.0. The normalized spacial score (nSPS) is 12.5. The molecule has 28 heavy (non-hydrogen) atoms. The Morgan fingerprint density at radius 3 is 2.00 bits per heavy atom. The number of aryl methyl sites for hydroxylation is 1. The molecule has 1 unspecified atom stereocenters. The van der Waals surface area contributed by atoms with Crippen molar-refractivity contribution in [3.05, 3.63) is 65.2 Å². The number of hydrogen-bond donors (Lipinski definition) is 2. The van der Waals surface area contributed by atoms with Gasteiger partial charge in [-0.05, 0) is 54.3 Å². The number of rotatable bonds is 6. The Bertz CT molecular complexity index is 813. The van der Waals surface area contributed by atoms with Crippen LogP contribution in [-0.2, 0) is 17.4 Å². The molecule has 2 N–H and O–H groups in total. The Hall–Kier alpha value is -2.83. The summed E-state index contributed by atoms with van der Waals surface area (Å²) in [6, 6.07) is 10.4. The van der Waals surface area contributed by atoms with Gasteiger partial charge in [-0.2, -0.15) is 13.2 Å². The molecular formula is C21H23F3N2O2. The summed E-state index contributed by atoms with van der Waals surface area (Å²) < 4.78 is 37.9. The summed E-state index contributed by atoms with van der Waals surface area (Å²) in [4.78, 5) is 25.0. The van der Waals surface area contributed by atoms with E-state index in [0.717, 1.165) is 24.1 Å². The fourth-order valence-electron chi connectivity index (χ4n) is 2.61.